The van der Waals surface area contributed by atoms with E-state index in [9.17, 15) is 14.9 Å². The van der Waals surface area contributed by atoms with Crippen molar-refractivity contribution in [2.45, 2.75) is 0 Å². The molecule has 0 aliphatic heterocycles. The predicted octanol–water partition coefficient (Wildman–Crippen LogP) is 0.799. The summed E-state index contributed by atoms with van der Waals surface area (Å²) < 4.78 is 0. The Labute approximate surface area is 84.8 Å². The number of phenols is 1. The monoisotopic (exact) mass is 208 g/mol. The van der Waals surface area contributed by atoms with E-state index in [1.165, 1.54) is 6.07 Å². The summed E-state index contributed by atoms with van der Waals surface area (Å²) in [6.45, 7) is 3.38. The smallest absolute Gasteiger partial charge is 0.311 e. The average molecular weight is 208 g/mol. The number of amides is 1. The minimum Gasteiger partial charge on any atom is -0.502 e. The van der Waals surface area contributed by atoms with Crippen molar-refractivity contribution >= 4 is 17.2 Å². The highest BCUT2D eigenvalue weighted by atomic mass is 16.6. The van der Waals surface area contributed by atoms with Gasteiger partial charge >= 0.3 is 5.69 Å². The molecule has 0 spiro atoms. The Kier molecular flexibility index (Phi) is 2.70. The summed E-state index contributed by atoms with van der Waals surface area (Å²) in [5.41, 5.74) is 4.64. The first-order valence-electron chi connectivity index (χ1n) is 3.90. The van der Waals surface area contributed by atoms with Crippen LogP contribution in [0.4, 0.5) is 5.69 Å². The summed E-state index contributed by atoms with van der Waals surface area (Å²) in [5.74, 6) is -1.24. The fraction of sp³-hybridized carbons (Fsp3) is 0. The van der Waals surface area contributed by atoms with E-state index in [1.807, 2.05) is 0 Å². The number of hydrogen-bond acceptors (Lipinski definition) is 4. The van der Waals surface area contributed by atoms with Crippen LogP contribution in [-0.2, 0) is 4.79 Å². The summed E-state index contributed by atoms with van der Waals surface area (Å²) in [7, 11) is 0. The molecule has 0 aliphatic rings. The van der Waals surface area contributed by atoms with Crippen molar-refractivity contribution in [3.05, 3.63) is 40.5 Å². The maximum absolute atomic E-state index is 10.8. The third-order valence-electron chi connectivity index (χ3n) is 1.82. The molecule has 1 rings (SSSR count). The number of carbonyl (C=O) groups excluding carboxylic acids is 1. The van der Waals surface area contributed by atoms with Crippen LogP contribution in [0.3, 0.4) is 0 Å². The van der Waals surface area contributed by atoms with Gasteiger partial charge in [0.15, 0.2) is 5.75 Å². The van der Waals surface area contributed by atoms with Crippen molar-refractivity contribution < 1.29 is 14.8 Å². The highest BCUT2D eigenvalue weighted by molar-refractivity contribution is 6.18. The van der Waals surface area contributed by atoms with Gasteiger partial charge in [0.25, 0.3) is 0 Å². The molecule has 0 heterocycles. The maximum atomic E-state index is 10.8. The quantitative estimate of drug-likeness (QED) is 0.435. The van der Waals surface area contributed by atoms with Crippen LogP contribution in [0, 0.1) is 10.1 Å². The van der Waals surface area contributed by atoms with Gasteiger partial charge in [-0.15, -0.1) is 0 Å². The van der Waals surface area contributed by atoms with Crippen LogP contribution in [0.5, 0.6) is 5.75 Å². The molecular formula is C9H8N2O4. The largest absolute Gasteiger partial charge is 0.502 e. The number of nitro groups is 1. The Morgan fingerprint density at radius 1 is 1.53 bits per heavy atom. The number of aromatic hydroxyl groups is 1. The van der Waals surface area contributed by atoms with Crippen molar-refractivity contribution in [2.24, 2.45) is 5.73 Å². The van der Waals surface area contributed by atoms with E-state index in [4.69, 9.17) is 10.8 Å². The number of rotatable bonds is 3. The minimum absolute atomic E-state index is 0.0434. The van der Waals surface area contributed by atoms with Gasteiger partial charge in [0.05, 0.1) is 4.92 Å². The van der Waals surface area contributed by atoms with E-state index in [1.54, 1.807) is 0 Å². The standard InChI is InChI=1S/C9H8N2O4/c1-5(9(10)13)6-2-3-8(12)7(4-6)11(14)15/h2-4,12H,1H2,(H2,10,13). The topological polar surface area (TPSA) is 106 Å². The van der Waals surface area contributed by atoms with Crippen LogP contribution >= 0.6 is 0 Å². The molecule has 78 valence electrons. The molecule has 1 amide bonds. The number of hydrogen-bond donors (Lipinski definition) is 2. The Balaban J connectivity index is 3.25. The van der Waals surface area contributed by atoms with Crippen LogP contribution < -0.4 is 5.73 Å². The third kappa shape index (κ3) is 2.11. The van der Waals surface area contributed by atoms with Crippen LogP contribution in [0.15, 0.2) is 24.8 Å². The van der Waals surface area contributed by atoms with Gasteiger partial charge in [-0.05, 0) is 11.6 Å². The molecule has 0 unspecified atom stereocenters. The van der Waals surface area contributed by atoms with Crippen molar-refractivity contribution in [1.82, 2.24) is 0 Å². The predicted molar refractivity (Wildman–Crippen MR) is 53.0 cm³/mol. The first-order valence-corrected chi connectivity index (χ1v) is 3.90. The molecule has 0 aromatic heterocycles. The van der Waals surface area contributed by atoms with E-state index in [0.717, 1.165) is 12.1 Å². The molecule has 0 fully saturated rings. The van der Waals surface area contributed by atoms with Gasteiger partial charge in [-0.3, -0.25) is 14.9 Å². The van der Waals surface area contributed by atoms with Gasteiger partial charge in [0.1, 0.15) is 0 Å². The lowest BCUT2D eigenvalue weighted by Gasteiger charge is -2.02. The van der Waals surface area contributed by atoms with Gasteiger partial charge in [-0.2, -0.15) is 0 Å². The SMILES string of the molecule is C=C(C(N)=O)c1ccc(O)c([N+](=O)[O-])c1. The van der Waals surface area contributed by atoms with Crippen LogP contribution in [-0.4, -0.2) is 15.9 Å². The first kappa shape index (κ1) is 10.7. The molecule has 0 bridgehead atoms. The van der Waals surface area contributed by atoms with Crippen molar-refractivity contribution in [1.29, 1.82) is 0 Å². The van der Waals surface area contributed by atoms with Gasteiger partial charge in [-0.25, -0.2) is 0 Å². The molecule has 0 radical (unpaired) electrons. The molecule has 0 saturated heterocycles. The second kappa shape index (κ2) is 3.79. The van der Waals surface area contributed by atoms with Gasteiger partial charge in [-0.1, -0.05) is 12.6 Å². The molecule has 15 heavy (non-hydrogen) atoms. The summed E-state index contributed by atoms with van der Waals surface area (Å²) in [6, 6.07) is 3.49. The number of phenolic OH excluding ortho intramolecular Hbond substituents is 1. The zero-order valence-electron chi connectivity index (χ0n) is 7.64. The molecule has 0 aliphatic carbocycles. The molecule has 0 atom stereocenters. The number of nitro benzene ring substituents is 1. The lowest BCUT2D eigenvalue weighted by atomic mass is 10.1. The first-order chi connectivity index (χ1) is 6.93. The van der Waals surface area contributed by atoms with Gasteiger partial charge in [0.2, 0.25) is 5.91 Å². The molecule has 0 saturated carbocycles. The second-order valence-corrected chi connectivity index (χ2v) is 2.80. The lowest BCUT2D eigenvalue weighted by molar-refractivity contribution is -0.385. The fourth-order valence-corrected chi connectivity index (χ4v) is 1.000. The number of primary amides is 1. The molecule has 3 N–H and O–H groups in total. The highest BCUT2D eigenvalue weighted by Crippen LogP contribution is 2.28. The average Bonchev–Trinajstić information content (AvgIpc) is 2.16. The third-order valence-corrected chi connectivity index (χ3v) is 1.82. The van der Waals surface area contributed by atoms with Crippen molar-refractivity contribution in [3.8, 4) is 5.75 Å². The Hall–Kier alpha value is -2.37. The zero-order chi connectivity index (χ0) is 11.6. The summed E-state index contributed by atoms with van der Waals surface area (Å²) in [5, 5.41) is 19.6. The number of nitrogens with two attached hydrogens (primary N) is 1. The van der Waals surface area contributed by atoms with E-state index < -0.39 is 22.3 Å². The van der Waals surface area contributed by atoms with E-state index in [-0.39, 0.29) is 11.1 Å². The zero-order valence-corrected chi connectivity index (χ0v) is 7.64. The molecule has 1 aromatic rings. The van der Waals surface area contributed by atoms with Crippen molar-refractivity contribution in [2.75, 3.05) is 0 Å². The Morgan fingerprint density at radius 2 is 2.13 bits per heavy atom. The lowest BCUT2D eigenvalue weighted by Crippen LogP contribution is -2.12. The van der Waals surface area contributed by atoms with E-state index >= 15 is 0 Å². The van der Waals surface area contributed by atoms with Crippen LogP contribution in [0.2, 0.25) is 0 Å². The molecule has 6 heteroatoms. The second-order valence-electron chi connectivity index (χ2n) is 2.80. The Bertz CT molecular complexity index is 453. The summed E-state index contributed by atoms with van der Waals surface area (Å²) in [4.78, 5) is 20.5. The molecule has 6 nitrogen and oxygen atoms in total. The van der Waals surface area contributed by atoms with E-state index in [0.29, 0.717) is 0 Å². The van der Waals surface area contributed by atoms with Crippen LogP contribution in [0.1, 0.15) is 5.56 Å². The summed E-state index contributed by atoms with van der Waals surface area (Å²) >= 11 is 0. The summed E-state index contributed by atoms with van der Waals surface area (Å²) in [6.07, 6.45) is 0. The highest BCUT2D eigenvalue weighted by Gasteiger charge is 2.16. The van der Waals surface area contributed by atoms with E-state index in [2.05, 4.69) is 6.58 Å². The maximum Gasteiger partial charge on any atom is 0.311 e. The normalized spacial score (nSPS) is 9.60. The van der Waals surface area contributed by atoms with Gasteiger partial charge < -0.3 is 10.8 Å². The number of benzene rings is 1. The van der Waals surface area contributed by atoms with Crippen molar-refractivity contribution in [3.63, 3.8) is 0 Å². The van der Waals surface area contributed by atoms with Gasteiger partial charge in [0, 0.05) is 11.6 Å². The number of carbonyl (C=O) groups is 1. The van der Waals surface area contributed by atoms with Crippen LogP contribution in [0.25, 0.3) is 5.57 Å². The molecular weight excluding hydrogens is 200 g/mol. The number of nitrogens with zero attached hydrogens (tertiary/aromatic N) is 1. The fourth-order valence-electron chi connectivity index (χ4n) is 1.000. The Morgan fingerprint density at radius 3 is 2.60 bits per heavy atom. The minimum atomic E-state index is -0.769. The molecule has 1 aromatic carbocycles.